The summed E-state index contributed by atoms with van der Waals surface area (Å²) >= 11 is 0. The minimum absolute atomic E-state index is 0.0148. The predicted molar refractivity (Wildman–Crippen MR) is 63.6 cm³/mol. The summed E-state index contributed by atoms with van der Waals surface area (Å²) in [6.07, 6.45) is -9.65. The molecule has 1 fully saturated rings. The van der Waals surface area contributed by atoms with Gasteiger partial charge in [0.05, 0.1) is 5.92 Å². The van der Waals surface area contributed by atoms with Crippen molar-refractivity contribution in [2.45, 2.75) is 37.4 Å². The SMILES string of the molecule is CO[Si](CCC1C(C(F)(F)F)C(F)C[C@@H]1F)(OC)OC. The fourth-order valence-corrected chi connectivity index (χ4v) is 4.54. The van der Waals surface area contributed by atoms with Crippen molar-refractivity contribution in [3.05, 3.63) is 0 Å². The van der Waals surface area contributed by atoms with E-state index >= 15 is 0 Å². The van der Waals surface area contributed by atoms with E-state index in [1.807, 2.05) is 0 Å². The number of halogens is 5. The molecule has 20 heavy (non-hydrogen) atoms. The molecule has 0 aromatic carbocycles. The quantitative estimate of drug-likeness (QED) is 0.555. The lowest BCUT2D eigenvalue weighted by molar-refractivity contribution is -0.198. The summed E-state index contributed by atoms with van der Waals surface area (Å²) in [6, 6.07) is 0.0148. The van der Waals surface area contributed by atoms with Crippen LogP contribution < -0.4 is 0 Å². The van der Waals surface area contributed by atoms with Crippen LogP contribution in [0.15, 0.2) is 0 Å². The van der Waals surface area contributed by atoms with E-state index in [9.17, 15) is 22.0 Å². The van der Waals surface area contributed by atoms with Gasteiger partial charge >= 0.3 is 15.0 Å². The molecule has 1 saturated carbocycles. The summed E-state index contributed by atoms with van der Waals surface area (Å²) in [5.74, 6) is -3.69. The normalized spacial score (nSPS) is 31.8. The molecule has 4 atom stereocenters. The van der Waals surface area contributed by atoms with Crippen molar-refractivity contribution in [1.82, 2.24) is 0 Å². The first-order valence-electron chi connectivity index (χ1n) is 6.21. The Morgan fingerprint density at radius 2 is 1.50 bits per heavy atom. The Hall–Kier alpha value is -0.253. The molecule has 1 aliphatic rings. The minimum Gasteiger partial charge on any atom is -0.377 e. The molecule has 1 aliphatic carbocycles. The Morgan fingerprint density at radius 1 is 1.00 bits per heavy atom. The highest BCUT2D eigenvalue weighted by molar-refractivity contribution is 6.60. The zero-order valence-electron chi connectivity index (χ0n) is 11.5. The van der Waals surface area contributed by atoms with Gasteiger partial charge in [0.2, 0.25) is 0 Å². The molecule has 9 heteroatoms. The van der Waals surface area contributed by atoms with E-state index in [-0.39, 0.29) is 12.5 Å². The summed E-state index contributed by atoms with van der Waals surface area (Å²) in [6.45, 7) is 0. The highest BCUT2D eigenvalue weighted by atomic mass is 28.4. The van der Waals surface area contributed by atoms with Crippen molar-refractivity contribution in [3.63, 3.8) is 0 Å². The van der Waals surface area contributed by atoms with Crippen molar-refractivity contribution in [1.29, 1.82) is 0 Å². The molecule has 1 rings (SSSR count). The number of alkyl halides is 5. The maximum atomic E-state index is 13.7. The van der Waals surface area contributed by atoms with Crippen molar-refractivity contribution in [3.8, 4) is 0 Å². The molecule has 0 saturated heterocycles. The average molecular weight is 322 g/mol. The van der Waals surface area contributed by atoms with Gasteiger partial charge in [-0.25, -0.2) is 8.78 Å². The van der Waals surface area contributed by atoms with Crippen LogP contribution in [0, 0.1) is 11.8 Å². The van der Waals surface area contributed by atoms with Gasteiger partial charge in [-0.15, -0.1) is 0 Å². The Morgan fingerprint density at radius 3 is 1.90 bits per heavy atom. The standard InChI is InChI=1S/C11H19F5O3Si/c1-17-20(18-2,19-3)5-4-7-8(12)6-9(13)10(7)11(14,15)16/h7-10H,4-6H2,1-3H3/t7?,8-,9?,10?/m0/s1. The number of rotatable bonds is 6. The Kier molecular flexibility index (Phi) is 5.94. The number of hydrogen-bond acceptors (Lipinski definition) is 3. The second-order valence-corrected chi connectivity index (χ2v) is 7.92. The third-order valence-corrected chi connectivity index (χ3v) is 6.63. The monoisotopic (exact) mass is 322 g/mol. The van der Waals surface area contributed by atoms with Crippen LogP contribution in [0.1, 0.15) is 12.8 Å². The van der Waals surface area contributed by atoms with Gasteiger partial charge in [0.25, 0.3) is 0 Å². The van der Waals surface area contributed by atoms with Gasteiger partial charge < -0.3 is 13.3 Å². The van der Waals surface area contributed by atoms with Gasteiger partial charge in [0, 0.05) is 39.7 Å². The first-order valence-corrected chi connectivity index (χ1v) is 8.14. The topological polar surface area (TPSA) is 27.7 Å². The van der Waals surface area contributed by atoms with Crippen molar-refractivity contribution in [2.75, 3.05) is 21.3 Å². The van der Waals surface area contributed by atoms with Crippen LogP contribution in [-0.4, -0.2) is 48.7 Å². The third-order valence-electron chi connectivity index (χ3n) is 3.86. The Balaban J connectivity index is 2.78. The van der Waals surface area contributed by atoms with Crippen LogP contribution in [0.5, 0.6) is 0 Å². The molecule has 0 N–H and O–H groups in total. The molecule has 0 radical (unpaired) electrons. The van der Waals surface area contributed by atoms with Crippen molar-refractivity contribution in [2.24, 2.45) is 11.8 Å². The van der Waals surface area contributed by atoms with Crippen LogP contribution in [0.3, 0.4) is 0 Å². The lowest BCUT2D eigenvalue weighted by atomic mass is 9.91. The summed E-state index contributed by atoms with van der Waals surface area (Å²) in [4.78, 5) is 0. The summed E-state index contributed by atoms with van der Waals surface area (Å²) < 4.78 is 80.7. The van der Waals surface area contributed by atoms with Crippen LogP contribution in [0.25, 0.3) is 0 Å². The maximum absolute atomic E-state index is 13.7. The van der Waals surface area contributed by atoms with Gasteiger partial charge in [-0.1, -0.05) is 0 Å². The van der Waals surface area contributed by atoms with E-state index in [1.54, 1.807) is 0 Å². The van der Waals surface area contributed by atoms with Crippen LogP contribution in [0.4, 0.5) is 22.0 Å². The molecule has 3 nitrogen and oxygen atoms in total. The maximum Gasteiger partial charge on any atom is 0.500 e. The van der Waals surface area contributed by atoms with Crippen LogP contribution in [0.2, 0.25) is 6.04 Å². The van der Waals surface area contributed by atoms with E-state index in [0.29, 0.717) is 0 Å². The van der Waals surface area contributed by atoms with Crippen molar-refractivity contribution < 1.29 is 35.2 Å². The molecule has 0 amide bonds. The van der Waals surface area contributed by atoms with Gasteiger partial charge in [0.1, 0.15) is 12.3 Å². The minimum atomic E-state index is -4.75. The summed E-state index contributed by atoms with van der Waals surface area (Å²) in [5.41, 5.74) is 0. The van der Waals surface area contributed by atoms with Gasteiger partial charge in [-0.3, -0.25) is 0 Å². The molecular weight excluding hydrogens is 303 g/mol. The molecule has 0 aliphatic heterocycles. The Labute approximate surface area is 115 Å². The molecule has 0 aromatic rings. The number of hydrogen-bond donors (Lipinski definition) is 0. The van der Waals surface area contributed by atoms with Gasteiger partial charge in [-0.2, -0.15) is 13.2 Å². The highest BCUT2D eigenvalue weighted by Gasteiger charge is 2.57. The first kappa shape index (κ1) is 17.8. The second-order valence-electron chi connectivity index (χ2n) is 4.83. The average Bonchev–Trinajstić information content (AvgIpc) is 2.66. The largest absolute Gasteiger partial charge is 0.500 e. The fourth-order valence-electron chi connectivity index (χ4n) is 2.74. The van der Waals surface area contributed by atoms with E-state index in [4.69, 9.17) is 13.3 Å². The molecule has 3 unspecified atom stereocenters. The smallest absolute Gasteiger partial charge is 0.377 e. The molecule has 120 valence electrons. The molecule has 0 heterocycles. The molecular formula is C11H19F5O3Si. The Bertz CT molecular complexity index is 303. The molecule has 0 spiro atoms. The van der Waals surface area contributed by atoms with E-state index < -0.39 is 45.6 Å². The molecule has 0 bridgehead atoms. The first-order chi connectivity index (χ1) is 9.20. The van der Waals surface area contributed by atoms with E-state index in [0.717, 1.165) is 0 Å². The lowest BCUT2D eigenvalue weighted by Crippen LogP contribution is -2.44. The third kappa shape index (κ3) is 3.69. The zero-order chi connectivity index (χ0) is 15.6. The van der Waals surface area contributed by atoms with Crippen molar-refractivity contribution >= 4 is 8.80 Å². The highest BCUT2D eigenvalue weighted by Crippen LogP contribution is 2.48. The lowest BCUT2D eigenvalue weighted by Gasteiger charge is -2.28. The summed E-state index contributed by atoms with van der Waals surface area (Å²) in [7, 11) is 0.877. The fraction of sp³-hybridized carbons (Fsp3) is 1.00. The van der Waals surface area contributed by atoms with Gasteiger partial charge in [0.15, 0.2) is 0 Å². The van der Waals surface area contributed by atoms with Crippen LogP contribution >= 0.6 is 0 Å². The van der Waals surface area contributed by atoms with E-state index in [1.165, 1.54) is 21.3 Å². The zero-order valence-corrected chi connectivity index (χ0v) is 12.5. The molecule has 0 aromatic heterocycles. The second kappa shape index (κ2) is 6.67. The predicted octanol–water partition coefficient (Wildman–Crippen LogP) is 3.13. The summed E-state index contributed by atoms with van der Waals surface area (Å²) in [5, 5.41) is 0. The van der Waals surface area contributed by atoms with Crippen LogP contribution in [-0.2, 0) is 13.3 Å². The van der Waals surface area contributed by atoms with E-state index in [2.05, 4.69) is 0 Å². The van der Waals surface area contributed by atoms with Gasteiger partial charge in [-0.05, 0) is 6.42 Å².